The monoisotopic (exact) mass is 714 g/mol. The largest absolute Gasteiger partial charge is 0.508 e. The molecule has 3 N–H and O–H groups in total. The molecule has 1 aliphatic rings. The van der Waals surface area contributed by atoms with Crippen LogP contribution < -0.4 is 4.74 Å². The second-order valence-electron chi connectivity index (χ2n) is 13.0. The van der Waals surface area contributed by atoms with Gasteiger partial charge in [0.2, 0.25) is 0 Å². The van der Waals surface area contributed by atoms with Crippen LogP contribution in [0.3, 0.4) is 0 Å². The molecular formula is C35H43F9O5. The van der Waals surface area contributed by atoms with Crippen LogP contribution in [0.5, 0.6) is 17.2 Å². The van der Waals surface area contributed by atoms with Crippen LogP contribution >= 0.6 is 0 Å². The molecule has 3 rings (SSSR count). The predicted octanol–water partition coefficient (Wildman–Crippen LogP) is 10.8. The summed E-state index contributed by atoms with van der Waals surface area (Å²) >= 11 is 0. The maximum Gasteiger partial charge on any atom is 0.460 e. The van der Waals surface area contributed by atoms with Crippen molar-refractivity contribution in [2.45, 2.75) is 126 Å². The highest BCUT2D eigenvalue weighted by molar-refractivity contribution is 5.69. The Kier molecular flexibility index (Phi) is 13.2. The van der Waals surface area contributed by atoms with E-state index in [-0.39, 0.29) is 29.3 Å². The summed E-state index contributed by atoms with van der Waals surface area (Å²) in [5.41, 5.74) is 1.71. The van der Waals surface area contributed by atoms with Gasteiger partial charge in [-0.1, -0.05) is 70.1 Å². The fourth-order valence-electron chi connectivity index (χ4n) is 6.75. The van der Waals surface area contributed by atoms with Crippen molar-refractivity contribution in [3.63, 3.8) is 0 Å². The zero-order valence-corrected chi connectivity index (χ0v) is 27.2. The Morgan fingerprint density at radius 1 is 0.796 bits per heavy atom. The van der Waals surface area contributed by atoms with Crippen molar-refractivity contribution in [3.05, 3.63) is 53.6 Å². The summed E-state index contributed by atoms with van der Waals surface area (Å²) in [4.78, 5) is 11.5. The van der Waals surface area contributed by atoms with Gasteiger partial charge < -0.3 is 20.1 Å². The normalized spacial score (nSPS) is 19.3. The first-order valence-electron chi connectivity index (χ1n) is 16.5. The first-order chi connectivity index (χ1) is 22.8. The standard InChI is InChI=1S/C35H43F9O5/c1-2-31(24-14-16-25(45)17-15-24)22-49-29-21-26(46)18-19-27(29)28(31)13-9-7-5-3-4-6-8-11-23(30(47)48)12-10-20-32(36,37)33(38,39)34(40,41)35(42,43)44/h14-19,21,23,28,45-46H,2-13,20,22H2,1H3,(H,47,48). The predicted molar refractivity (Wildman–Crippen MR) is 164 cm³/mol. The van der Waals surface area contributed by atoms with E-state index in [9.17, 15) is 59.6 Å². The first kappa shape index (κ1) is 40.1. The summed E-state index contributed by atoms with van der Waals surface area (Å²) in [7, 11) is 0. The Morgan fingerprint density at radius 3 is 1.92 bits per heavy atom. The molecule has 276 valence electrons. The van der Waals surface area contributed by atoms with E-state index in [2.05, 4.69) is 6.92 Å². The third-order valence-electron chi connectivity index (χ3n) is 9.75. The molecule has 0 amide bonds. The number of benzene rings is 2. The highest BCUT2D eigenvalue weighted by Gasteiger charge is 2.81. The fourth-order valence-corrected chi connectivity index (χ4v) is 6.75. The van der Waals surface area contributed by atoms with E-state index in [4.69, 9.17) is 4.74 Å². The first-order valence-corrected chi connectivity index (χ1v) is 16.5. The fraction of sp³-hybridized carbons (Fsp3) is 0.629. The average Bonchev–Trinajstić information content (AvgIpc) is 3.02. The minimum Gasteiger partial charge on any atom is -0.508 e. The number of rotatable bonds is 19. The number of carboxylic acids is 1. The summed E-state index contributed by atoms with van der Waals surface area (Å²) in [5.74, 6) is -21.0. The number of aromatic hydroxyl groups is 2. The number of carbonyl (C=O) groups is 1. The third-order valence-corrected chi connectivity index (χ3v) is 9.75. The van der Waals surface area contributed by atoms with Crippen LogP contribution in [0.15, 0.2) is 42.5 Å². The lowest BCUT2D eigenvalue weighted by atomic mass is 9.63. The zero-order chi connectivity index (χ0) is 36.7. The summed E-state index contributed by atoms with van der Waals surface area (Å²) in [6.45, 7) is 2.51. The van der Waals surface area contributed by atoms with Gasteiger partial charge in [0.15, 0.2) is 0 Å². The number of halogens is 9. The molecule has 0 fully saturated rings. The van der Waals surface area contributed by atoms with Gasteiger partial charge in [0, 0.05) is 23.8 Å². The second kappa shape index (κ2) is 16.1. The molecule has 2 aromatic carbocycles. The van der Waals surface area contributed by atoms with Gasteiger partial charge in [-0.05, 0) is 61.4 Å². The van der Waals surface area contributed by atoms with Gasteiger partial charge in [-0.3, -0.25) is 4.79 Å². The number of alkyl halides is 9. The van der Waals surface area contributed by atoms with Gasteiger partial charge in [0.25, 0.3) is 0 Å². The second-order valence-corrected chi connectivity index (χ2v) is 13.0. The van der Waals surface area contributed by atoms with Gasteiger partial charge in [0.1, 0.15) is 17.2 Å². The van der Waals surface area contributed by atoms with E-state index in [1.54, 1.807) is 24.3 Å². The lowest BCUT2D eigenvalue weighted by Gasteiger charge is -2.45. The maximum absolute atomic E-state index is 13.8. The number of phenols is 2. The van der Waals surface area contributed by atoms with Crippen LogP contribution in [0.25, 0.3) is 0 Å². The Labute approximate surface area is 279 Å². The maximum atomic E-state index is 13.8. The third kappa shape index (κ3) is 9.08. The summed E-state index contributed by atoms with van der Waals surface area (Å²) in [5, 5.41) is 29.2. The molecule has 3 unspecified atom stereocenters. The van der Waals surface area contributed by atoms with E-state index in [1.165, 1.54) is 0 Å². The molecule has 2 aromatic rings. The highest BCUT2D eigenvalue weighted by Crippen LogP contribution is 2.55. The van der Waals surface area contributed by atoms with Crippen molar-refractivity contribution in [2.75, 3.05) is 6.61 Å². The number of hydrogen-bond acceptors (Lipinski definition) is 4. The number of phenolic OH excluding ortho intramolecular Hbond substituents is 2. The van der Waals surface area contributed by atoms with Crippen molar-refractivity contribution in [1.29, 1.82) is 0 Å². The van der Waals surface area contributed by atoms with Gasteiger partial charge in [0.05, 0.1) is 12.5 Å². The number of fused-ring (bicyclic) bond motifs is 1. The van der Waals surface area contributed by atoms with Crippen molar-refractivity contribution in [1.82, 2.24) is 0 Å². The number of hydrogen-bond donors (Lipinski definition) is 3. The molecule has 3 atom stereocenters. The smallest absolute Gasteiger partial charge is 0.460 e. The molecule has 14 heteroatoms. The van der Waals surface area contributed by atoms with Crippen LogP contribution in [0.2, 0.25) is 0 Å². The molecule has 0 saturated heterocycles. The van der Waals surface area contributed by atoms with Gasteiger partial charge >= 0.3 is 29.9 Å². The van der Waals surface area contributed by atoms with Gasteiger partial charge in [-0.25, -0.2) is 0 Å². The van der Waals surface area contributed by atoms with Crippen molar-refractivity contribution in [3.8, 4) is 17.2 Å². The minimum absolute atomic E-state index is 0.0189. The Hall–Kier alpha value is -3.32. The quantitative estimate of drug-likeness (QED) is 0.0996. The minimum atomic E-state index is -6.95. The Morgan fingerprint density at radius 2 is 1.35 bits per heavy atom. The summed E-state index contributed by atoms with van der Waals surface area (Å²) in [6.07, 6.45) is -3.56. The van der Waals surface area contributed by atoms with Crippen LogP contribution in [0.4, 0.5) is 39.5 Å². The van der Waals surface area contributed by atoms with Gasteiger partial charge in [-0.15, -0.1) is 0 Å². The number of unbranched alkanes of at least 4 members (excludes halogenated alkanes) is 6. The van der Waals surface area contributed by atoms with Crippen LogP contribution in [-0.4, -0.2) is 51.8 Å². The molecule has 0 saturated carbocycles. The molecule has 0 bridgehead atoms. The molecule has 0 aliphatic carbocycles. The molecule has 1 heterocycles. The molecule has 5 nitrogen and oxygen atoms in total. The number of ether oxygens (including phenoxy) is 1. The molecule has 49 heavy (non-hydrogen) atoms. The molecular weight excluding hydrogens is 671 g/mol. The number of carboxylic acid groups (broad SMARTS) is 1. The topological polar surface area (TPSA) is 87.0 Å². The molecule has 0 spiro atoms. The lowest BCUT2D eigenvalue weighted by molar-refractivity contribution is -0.396. The molecule has 0 aromatic heterocycles. The molecule has 0 radical (unpaired) electrons. The Bertz CT molecular complexity index is 1360. The van der Waals surface area contributed by atoms with E-state index in [0.717, 1.165) is 56.1 Å². The van der Waals surface area contributed by atoms with Crippen molar-refractivity contribution in [2.24, 2.45) is 5.92 Å². The van der Waals surface area contributed by atoms with E-state index < -0.39 is 55.1 Å². The van der Waals surface area contributed by atoms with Crippen LogP contribution in [0.1, 0.15) is 107 Å². The van der Waals surface area contributed by atoms with E-state index in [1.807, 2.05) is 18.2 Å². The van der Waals surface area contributed by atoms with E-state index in [0.29, 0.717) is 25.2 Å². The Balaban J connectivity index is 1.44. The van der Waals surface area contributed by atoms with Crippen LogP contribution in [-0.2, 0) is 10.2 Å². The van der Waals surface area contributed by atoms with Crippen molar-refractivity contribution < 1.29 is 64.4 Å². The summed E-state index contributed by atoms with van der Waals surface area (Å²) < 4.78 is 124. The SMILES string of the molecule is CCC1(c2ccc(O)cc2)COc2cc(O)ccc2C1CCCCCCCCCC(CCCC(F)(F)C(F)(F)C(F)(F)C(F)(F)F)C(=O)O. The van der Waals surface area contributed by atoms with Gasteiger partial charge in [-0.2, -0.15) is 39.5 Å². The average molecular weight is 715 g/mol. The molecule has 1 aliphatic heterocycles. The highest BCUT2D eigenvalue weighted by atomic mass is 19.4. The number of aliphatic carboxylic acids is 1. The summed E-state index contributed by atoms with van der Waals surface area (Å²) in [6, 6.07) is 12.3. The van der Waals surface area contributed by atoms with Crippen LogP contribution in [0, 0.1) is 5.92 Å². The lowest BCUT2D eigenvalue weighted by Crippen LogP contribution is -2.60. The van der Waals surface area contributed by atoms with Crippen molar-refractivity contribution >= 4 is 5.97 Å². The van der Waals surface area contributed by atoms with E-state index >= 15 is 0 Å². The zero-order valence-electron chi connectivity index (χ0n) is 27.2.